The number of carbonyl (C=O) groups excluding carboxylic acids is 2. The number of hydrogen-bond donors (Lipinski definition) is 2. The second-order valence-corrected chi connectivity index (χ2v) is 5.18. The van der Waals surface area contributed by atoms with Crippen molar-refractivity contribution in [1.82, 2.24) is 10.2 Å². The Kier molecular flexibility index (Phi) is 2.69. The van der Waals surface area contributed by atoms with Crippen molar-refractivity contribution in [2.75, 3.05) is 6.54 Å². The summed E-state index contributed by atoms with van der Waals surface area (Å²) in [5, 5.41) is 11.5. The van der Waals surface area contributed by atoms with E-state index in [4.69, 9.17) is 0 Å². The van der Waals surface area contributed by atoms with Gasteiger partial charge < -0.3 is 5.11 Å². The van der Waals surface area contributed by atoms with Crippen LogP contribution in [0.2, 0.25) is 0 Å². The van der Waals surface area contributed by atoms with Gasteiger partial charge in [-0.3, -0.25) is 24.6 Å². The van der Waals surface area contributed by atoms with Crippen LogP contribution in [0.15, 0.2) is 0 Å². The van der Waals surface area contributed by atoms with Gasteiger partial charge in [0.05, 0.1) is 12.1 Å². The molecule has 1 saturated carbocycles. The fourth-order valence-electron chi connectivity index (χ4n) is 2.25. The summed E-state index contributed by atoms with van der Waals surface area (Å²) in [5.41, 5.74) is -0.959. The second kappa shape index (κ2) is 3.80. The van der Waals surface area contributed by atoms with E-state index < -0.39 is 29.4 Å². The number of hydrogen-bond acceptors (Lipinski definition) is 4. The molecule has 1 aliphatic heterocycles. The van der Waals surface area contributed by atoms with Crippen LogP contribution in [-0.2, 0) is 14.4 Å². The van der Waals surface area contributed by atoms with Crippen molar-refractivity contribution in [3.05, 3.63) is 0 Å². The maximum atomic E-state index is 11.7. The van der Waals surface area contributed by atoms with Gasteiger partial charge in [-0.2, -0.15) is 0 Å². The van der Waals surface area contributed by atoms with Gasteiger partial charge in [0.2, 0.25) is 11.8 Å². The number of rotatable bonds is 3. The Bertz CT molecular complexity index is 387. The molecule has 2 aliphatic rings. The Balaban J connectivity index is 2.29. The van der Waals surface area contributed by atoms with Crippen LogP contribution in [0.4, 0.5) is 0 Å². The highest BCUT2D eigenvalue weighted by molar-refractivity contribution is 6.03. The second-order valence-electron chi connectivity index (χ2n) is 5.18. The Labute approximate surface area is 99.0 Å². The van der Waals surface area contributed by atoms with Crippen molar-refractivity contribution < 1.29 is 19.5 Å². The maximum Gasteiger partial charge on any atom is 0.321 e. The molecule has 0 bridgehead atoms. The van der Waals surface area contributed by atoms with E-state index in [0.717, 1.165) is 12.8 Å². The van der Waals surface area contributed by atoms with E-state index in [1.54, 1.807) is 13.8 Å². The van der Waals surface area contributed by atoms with Gasteiger partial charge in [-0.15, -0.1) is 0 Å². The van der Waals surface area contributed by atoms with Gasteiger partial charge in [0.25, 0.3) is 0 Å². The average Bonchev–Trinajstić information content (AvgIpc) is 2.98. The van der Waals surface area contributed by atoms with Crippen molar-refractivity contribution in [3.63, 3.8) is 0 Å². The zero-order chi connectivity index (χ0) is 12.8. The molecule has 0 spiro atoms. The van der Waals surface area contributed by atoms with Crippen LogP contribution < -0.4 is 5.32 Å². The topological polar surface area (TPSA) is 86.7 Å². The van der Waals surface area contributed by atoms with E-state index in [2.05, 4.69) is 5.32 Å². The molecular weight excluding hydrogens is 224 g/mol. The fraction of sp³-hybridized carbons (Fsp3) is 0.727. The summed E-state index contributed by atoms with van der Waals surface area (Å²) in [6.07, 6.45) is 1.69. The first-order valence-electron chi connectivity index (χ1n) is 5.68. The van der Waals surface area contributed by atoms with Crippen LogP contribution in [0.1, 0.15) is 26.7 Å². The fourth-order valence-corrected chi connectivity index (χ4v) is 2.25. The molecule has 6 nitrogen and oxygen atoms in total. The van der Waals surface area contributed by atoms with Crippen molar-refractivity contribution in [3.8, 4) is 0 Å². The number of nitrogens with zero attached hydrogens (tertiary/aromatic N) is 1. The monoisotopic (exact) mass is 240 g/mol. The van der Waals surface area contributed by atoms with Gasteiger partial charge in [0.1, 0.15) is 6.04 Å². The van der Waals surface area contributed by atoms with Crippen LogP contribution in [-0.4, -0.2) is 45.9 Å². The minimum absolute atomic E-state index is 0.0355. The number of nitrogens with one attached hydrogen (secondary N) is 1. The molecule has 1 atom stereocenters. The number of carboxylic acids is 1. The molecule has 2 rings (SSSR count). The van der Waals surface area contributed by atoms with E-state index in [1.165, 1.54) is 4.90 Å². The average molecular weight is 240 g/mol. The molecule has 1 saturated heterocycles. The molecule has 1 heterocycles. The molecule has 0 aromatic heterocycles. The van der Waals surface area contributed by atoms with Crippen LogP contribution in [0.25, 0.3) is 0 Å². The quantitative estimate of drug-likeness (QED) is 0.655. The summed E-state index contributed by atoms with van der Waals surface area (Å²) < 4.78 is 0. The first kappa shape index (κ1) is 12.0. The highest BCUT2D eigenvalue weighted by atomic mass is 16.4. The lowest BCUT2D eigenvalue weighted by molar-refractivity contribution is -0.156. The summed E-state index contributed by atoms with van der Waals surface area (Å²) in [7, 11) is 0. The predicted octanol–water partition coefficient (Wildman–Crippen LogP) is -0.413. The minimum Gasteiger partial charge on any atom is -0.480 e. The smallest absolute Gasteiger partial charge is 0.321 e. The lowest BCUT2D eigenvalue weighted by Crippen LogP contribution is -2.68. The van der Waals surface area contributed by atoms with Gasteiger partial charge in [-0.05, 0) is 32.6 Å². The molecule has 0 aromatic rings. The maximum absolute atomic E-state index is 11.7. The van der Waals surface area contributed by atoms with Crippen LogP contribution in [0.3, 0.4) is 0 Å². The summed E-state index contributed by atoms with van der Waals surface area (Å²) in [6.45, 7) is 3.26. The summed E-state index contributed by atoms with van der Waals surface area (Å²) >= 11 is 0. The number of aliphatic carboxylic acids is 1. The SMILES string of the molecule is CC1(C)C(=O)NC(=O)CN1C(C(=O)O)C1CC1. The molecule has 2 N–H and O–H groups in total. The highest BCUT2D eigenvalue weighted by Crippen LogP contribution is 2.38. The van der Waals surface area contributed by atoms with Gasteiger partial charge in [0, 0.05) is 0 Å². The zero-order valence-corrected chi connectivity index (χ0v) is 9.90. The van der Waals surface area contributed by atoms with E-state index >= 15 is 0 Å². The molecule has 6 heteroatoms. The van der Waals surface area contributed by atoms with Crippen molar-refractivity contribution >= 4 is 17.8 Å². The highest BCUT2D eigenvalue weighted by Gasteiger charge is 2.50. The number of carbonyl (C=O) groups is 3. The molecular formula is C11H16N2O4. The van der Waals surface area contributed by atoms with E-state index in [-0.39, 0.29) is 12.5 Å². The third kappa shape index (κ3) is 2.04. The number of piperazine rings is 1. The van der Waals surface area contributed by atoms with E-state index in [0.29, 0.717) is 0 Å². The molecule has 17 heavy (non-hydrogen) atoms. The number of amides is 2. The Morgan fingerprint density at radius 1 is 1.47 bits per heavy atom. The molecule has 0 aromatic carbocycles. The van der Waals surface area contributed by atoms with Crippen molar-refractivity contribution in [1.29, 1.82) is 0 Å². The van der Waals surface area contributed by atoms with Crippen molar-refractivity contribution in [2.24, 2.45) is 5.92 Å². The molecule has 2 fully saturated rings. The van der Waals surface area contributed by atoms with Gasteiger partial charge in [-0.25, -0.2) is 0 Å². The third-order valence-electron chi connectivity index (χ3n) is 3.50. The number of imide groups is 1. The molecule has 1 unspecified atom stereocenters. The zero-order valence-electron chi connectivity index (χ0n) is 9.90. The first-order chi connectivity index (χ1) is 7.84. The molecule has 94 valence electrons. The van der Waals surface area contributed by atoms with E-state index in [1.807, 2.05) is 0 Å². The summed E-state index contributed by atoms with van der Waals surface area (Å²) in [4.78, 5) is 35.9. The Morgan fingerprint density at radius 2 is 2.06 bits per heavy atom. The number of carboxylic acid groups (broad SMARTS) is 1. The van der Waals surface area contributed by atoms with Crippen LogP contribution in [0.5, 0.6) is 0 Å². The molecule has 1 aliphatic carbocycles. The Morgan fingerprint density at radius 3 is 2.53 bits per heavy atom. The lowest BCUT2D eigenvalue weighted by atomic mass is 9.94. The van der Waals surface area contributed by atoms with Gasteiger partial charge >= 0.3 is 5.97 Å². The largest absolute Gasteiger partial charge is 0.480 e. The van der Waals surface area contributed by atoms with Gasteiger partial charge in [-0.1, -0.05) is 0 Å². The standard InChI is InChI=1S/C11H16N2O4/c1-11(2)10(17)12-7(14)5-13(11)8(9(15)16)6-3-4-6/h6,8H,3-5H2,1-2H3,(H,15,16)(H,12,14,17). The minimum atomic E-state index is -0.959. The first-order valence-corrected chi connectivity index (χ1v) is 5.68. The predicted molar refractivity (Wildman–Crippen MR) is 58.1 cm³/mol. The molecule has 2 amide bonds. The Hall–Kier alpha value is -1.43. The van der Waals surface area contributed by atoms with Crippen molar-refractivity contribution in [2.45, 2.75) is 38.3 Å². The third-order valence-corrected chi connectivity index (χ3v) is 3.50. The lowest BCUT2D eigenvalue weighted by Gasteiger charge is -2.43. The summed E-state index contributed by atoms with van der Waals surface area (Å²) in [5.74, 6) is -1.75. The van der Waals surface area contributed by atoms with Crippen LogP contribution >= 0.6 is 0 Å². The van der Waals surface area contributed by atoms with Crippen LogP contribution in [0, 0.1) is 5.92 Å². The van der Waals surface area contributed by atoms with E-state index in [9.17, 15) is 19.5 Å². The molecule has 0 radical (unpaired) electrons. The van der Waals surface area contributed by atoms with Gasteiger partial charge in [0.15, 0.2) is 0 Å². The normalized spacial score (nSPS) is 26.5. The summed E-state index contributed by atoms with van der Waals surface area (Å²) in [6, 6.07) is -0.736.